The van der Waals surface area contributed by atoms with E-state index in [2.05, 4.69) is 90.7 Å². The Labute approximate surface area is 155 Å². The van der Waals surface area contributed by atoms with Gasteiger partial charge in [0.15, 0.2) is 0 Å². The van der Waals surface area contributed by atoms with Gasteiger partial charge in [0.05, 0.1) is 0 Å². The molecule has 0 bridgehead atoms. The summed E-state index contributed by atoms with van der Waals surface area (Å²) in [5.74, 6) is 2.11. The fourth-order valence-corrected chi connectivity index (χ4v) is 2.14. The first-order valence-electron chi connectivity index (χ1n) is 7.39. The summed E-state index contributed by atoms with van der Waals surface area (Å²) in [6.07, 6.45) is 0. The van der Waals surface area contributed by atoms with Crippen LogP contribution >= 0.6 is 17.0 Å². The average molecular weight is 434 g/mol. The normalized spacial score (nSPS) is 9.35. The van der Waals surface area contributed by atoms with Gasteiger partial charge in [0.25, 0.3) is 0 Å². The van der Waals surface area contributed by atoms with Gasteiger partial charge in [0, 0.05) is 0 Å². The van der Waals surface area contributed by atoms with Crippen molar-refractivity contribution >= 4 is 49.5 Å². The molecular weight excluding hydrogens is 417 g/mol. The van der Waals surface area contributed by atoms with E-state index in [1.807, 2.05) is 0 Å². The summed E-state index contributed by atoms with van der Waals surface area (Å²) >= 11 is -1.55. The summed E-state index contributed by atoms with van der Waals surface area (Å²) < 4.78 is 0. The topological polar surface area (TPSA) is 0 Å². The zero-order valence-electron chi connectivity index (χ0n) is 12.9. The predicted octanol–water partition coefficient (Wildman–Crippen LogP) is 6.70. The van der Waals surface area contributed by atoms with Crippen molar-refractivity contribution in [1.82, 2.24) is 0 Å². The molecule has 4 aromatic rings. The Balaban J connectivity index is 0.000000132. The molecule has 0 unspecified atom stereocenters. The molecule has 0 radical (unpaired) electrons. The van der Waals surface area contributed by atoms with Crippen LogP contribution in [0, 0.1) is 0 Å². The van der Waals surface area contributed by atoms with Gasteiger partial charge in [-0.1, -0.05) is 12.1 Å². The fourth-order valence-electron chi connectivity index (χ4n) is 2.14. The zero-order chi connectivity index (χ0) is 16.5. The third-order valence-corrected chi connectivity index (χ3v) is 14.7. The molecule has 4 rings (SSSR count). The molecule has 0 saturated heterocycles. The second-order valence-electron chi connectivity index (χ2n) is 4.89. The van der Waals surface area contributed by atoms with Gasteiger partial charge in [-0.25, -0.2) is 0 Å². The van der Waals surface area contributed by atoms with Crippen molar-refractivity contribution in [3.63, 3.8) is 0 Å². The monoisotopic (exact) mass is 432 g/mol. The van der Waals surface area contributed by atoms with E-state index in [0.717, 1.165) is 0 Å². The molecule has 0 N–H and O–H groups in total. The van der Waals surface area contributed by atoms with Crippen LogP contribution in [-0.2, 0) is 16.3 Å². The SMILES string of the molecule is [CH3][Al]=[Zr]([Cl])[Cl].c1ccc2[cH-]ccc2c1.c1ccc2[cH-]ccc2c1. The molecule has 0 aliphatic heterocycles. The van der Waals surface area contributed by atoms with Gasteiger partial charge >= 0.3 is 50.0 Å². The van der Waals surface area contributed by atoms with E-state index < -0.39 is 16.3 Å². The van der Waals surface area contributed by atoms with Crippen LogP contribution in [0.2, 0.25) is 5.79 Å². The molecule has 0 spiro atoms. The second-order valence-corrected chi connectivity index (χ2v) is 24.9. The van der Waals surface area contributed by atoms with E-state index in [-0.39, 0.29) is 0 Å². The maximum atomic E-state index is 5.46. The van der Waals surface area contributed by atoms with Gasteiger partial charge in [-0.2, -0.15) is 35.0 Å². The summed E-state index contributed by atoms with van der Waals surface area (Å²) in [6, 6.07) is 29.3. The molecule has 0 aromatic heterocycles. The molecule has 0 heterocycles. The summed E-state index contributed by atoms with van der Waals surface area (Å²) in [4.78, 5) is 0. The molecular formula is C19H17AlCl2Zr-2. The average Bonchev–Trinajstić information content (AvgIpc) is 3.24. The Morgan fingerprint density at radius 2 is 1.13 bits per heavy atom. The van der Waals surface area contributed by atoms with E-state index in [0.29, 0.717) is 10.9 Å². The molecule has 0 amide bonds. The third kappa shape index (κ3) is 6.58. The predicted molar refractivity (Wildman–Crippen MR) is 102 cm³/mol. The van der Waals surface area contributed by atoms with Crippen molar-refractivity contribution in [1.29, 1.82) is 0 Å². The third-order valence-electron chi connectivity index (χ3n) is 3.31. The van der Waals surface area contributed by atoms with Crippen molar-refractivity contribution in [3.05, 3.63) is 84.9 Å². The van der Waals surface area contributed by atoms with Crippen molar-refractivity contribution in [3.8, 4) is 0 Å². The number of hydrogen-bond acceptors (Lipinski definition) is 0. The number of rotatable bonds is 0. The Bertz CT molecular complexity index is 747. The summed E-state index contributed by atoms with van der Waals surface area (Å²) in [5, 5.41) is 5.32. The maximum absolute atomic E-state index is 5.46. The van der Waals surface area contributed by atoms with E-state index >= 15 is 0 Å². The summed E-state index contributed by atoms with van der Waals surface area (Å²) in [5.41, 5.74) is 0. The van der Waals surface area contributed by atoms with E-state index in [4.69, 9.17) is 17.0 Å². The first-order valence-corrected chi connectivity index (χ1v) is 19.7. The molecule has 4 aromatic carbocycles. The van der Waals surface area contributed by atoms with Crippen LogP contribution in [0.5, 0.6) is 0 Å². The van der Waals surface area contributed by atoms with Crippen LogP contribution in [0.15, 0.2) is 84.9 Å². The van der Waals surface area contributed by atoms with Gasteiger partial charge in [-0.05, 0) is 0 Å². The largest absolute Gasteiger partial charge is 0.168 e. The van der Waals surface area contributed by atoms with Crippen LogP contribution in [0.3, 0.4) is 0 Å². The van der Waals surface area contributed by atoms with E-state index in [9.17, 15) is 0 Å². The van der Waals surface area contributed by atoms with Gasteiger partial charge in [-0.15, -0.1) is 59.3 Å². The second kappa shape index (κ2) is 10.5. The van der Waals surface area contributed by atoms with Gasteiger partial charge in [-0.3, -0.25) is 0 Å². The molecule has 0 aliphatic carbocycles. The quantitative estimate of drug-likeness (QED) is 0.213. The van der Waals surface area contributed by atoms with E-state index in [1.165, 1.54) is 21.5 Å². The molecule has 4 heteroatoms. The first kappa shape index (κ1) is 19.0. The minimum absolute atomic E-state index is 0.459. The molecule has 0 nitrogen and oxygen atoms in total. The van der Waals surface area contributed by atoms with E-state index in [1.54, 1.807) is 0 Å². The van der Waals surface area contributed by atoms with Crippen LogP contribution in [-0.4, -0.2) is 10.9 Å². The fraction of sp³-hybridized carbons (Fsp3) is 0.0526. The van der Waals surface area contributed by atoms with Gasteiger partial charge in [0.1, 0.15) is 0 Å². The molecule has 0 saturated carbocycles. The van der Waals surface area contributed by atoms with Crippen LogP contribution in [0.1, 0.15) is 0 Å². The first-order chi connectivity index (χ1) is 11.2. The molecule has 116 valence electrons. The van der Waals surface area contributed by atoms with Crippen molar-refractivity contribution < 1.29 is 16.3 Å². The zero-order valence-corrected chi connectivity index (χ0v) is 18.0. The summed E-state index contributed by atoms with van der Waals surface area (Å²) in [7, 11) is 11.4. The maximum Gasteiger partial charge on any atom is -0.0809 e. The molecule has 0 fully saturated rings. The number of fused-ring (bicyclic) bond motifs is 2. The number of benzene rings is 2. The Morgan fingerprint density at radius 3 is 1.48 bits per heavy atom. The van der Waals surface area contributed by atoms with Crippen molar-refractivity contribution in [2.24, 2.45) is 0 Å². The van der Waals surface area contributed by atoms with Crippen LogP contribution < -0.4 is 0 Å². The standard InChI is InChI=1S/2C9H7.CH3.Al.2ClH.Zr/c2*1-2-5-9-7-3-6-8(9)4-1;;;;;/h2*1-7H;1H3;;2*1H;/q2*-1;;;;;+2/p-2. The molecule has 0 aliphatic rings. The minimum Gasteiger partial charge on any atom is -0.168 e. The number of halogens is 2. The minimum atomic E-state index is -1.55. The Hall–Kier alpha value is -0.344. The van der Waals surface area contributed by atoms with Crippen LogP contribution in [0.4, 0.5) is 0 Å². The smallest absolute Gasteiger partial charge is 0.0809 e. The molecule has 23 heavy (non-hydrogen) atoms. The molecule has 0 atom stereocenters. The van der Waals surface area contributed by atoms with Crippen molar-refractivity contribution in [2.75, 3.05) is 0 Å². The number of hydrogen-bond donors (Lipinski definition) is 0. The Kier molecular flexibility index (Phi) is 8.67. The van der Waals surface area contributed by atoms with Gasteiger partial charge in [0.2, 0.25) is 0 Å². The summed E-state index contributed by atoms with van der Waals surface area (Å²) in [6.45, 7) is 0. The van der Waals surface area contributed by atoms with Crippen molar-refractivity contribution in [2.45, 2.75) is 5.79 Å². The van der Waals surface area contributed by atoms with Crippen LogP contribution in [0.25, 0.3) is 21.5 Å². The van der Waals surface area contributed by atoms with Gasteiger partial charge < -0.3 is 0 Å². The Morgan fingerprint density at radius 1 is 0.739 bits per heavy atom.